The van der Waals surface area contributed by atoms with Gasteiger partial charge < -0.3 is 4.57 Å². The van der Waals surface area contributed by atoms with Gasteiger partial charge in [-0.25, -0.2) is 9.37 Å². The van der Waals surface area contributed by atoms with Crippen molar-refractivity contribution >= 4 is 38.6 Å². The first-order valence-electron chi connectivity index (χ1n) is 6.41. The Kier molecular flexibility index (Phi) is 4.51. The molecule has 1 heterocycles. The molecule has 0 aliphatic rings. The first-order chi connectivity index (χ1) is 8.99. The molecule has 1 aromatic heterocycles. The summed E-state index contributed by atoms with van der Waals surface area (Å²) in [7, 11) is 0. The van der Waals surface area contributed by atoms with Crippen molar-refractivity contribution in [3.63, 3.8) is 0 Å². The van der Waals surface area contributed by atoms with Gasteiger partial charge in [0, 0.05) is 12.1 Å². The van der Waals surface area contributed by atoms with Gasteiger partial charge in [-0.3, -0.25) is 0 Å². The Morgan fingerprint density at radius 3 is 2.68 bits per heavy atom. The molecule has 0 amide bonds. The topological polar surface area (TPSA) is 17.8 Å². The van der Waals surface area contributed by atoms with Crippen LogP contribution in [0.25, 0.3) is 11.0 Å². The van der Waals surface area contributed by atoms with Gasteiger partial charge in [0.2, 0.25) is 0 Å². The zero-order valence-electron chi connectivity index (χ0n) is 11.3. The van der Waals surface area contributed by atoms with Crippen LogP contribution in [0.3, 0.4) is 0 Å². The molecule has 2 rings (SSSR count). The lowest BCUT2D eigenvalue weighted by atomic mass is 10.0. The number of hydrogen-bond acceptors (Lipinski definition) is 1. The zero-order chi connectivity index (χ0) is 14.2. The second-order valence-electron chi connectivity index (χ2n) is 4.91. The molecule has 19 heavy (non-hydrogen) atoms. The summed E-state index contributed by atoms with van der Waals surface area (Å²) in [6.07, 6.45) is 1.07. The van der Waals surface area contributed by atoms with E-state index in [0.29, 0.717) is 21.8 Å². The van der Waals surface area contributed by atoms with E-state index >= 15 is 0 Å². The highest BCUT2D eigenvalue weighted by Crippen LogP contribution is 2.31. The van der Waals surface area contributed by atoms with Crippen molar-refractivity contribution in [1.82, 2.24) is 9.55 Å². The number of aromatic nitrogens is 2. The van der Waals surface area contributed by atoms with Gasteiger partial charge in [0.25, 0.3) is 0 Å². The molecule has 2 atom stereocenters. The van der Waals surface area contributed by atoms with Crippen LogP contribution in [0.2, 0.25) is 0 Å². The SMILES string of the molecule is CCC(C)C(C)n1c(CCl)nc2cc(F)c(Br)cc21. The van der Waals surface area contributed by atoms with E-state index in [1.165, 1.54) is 6.07 Å². The smallest absolute Gasteiger partial charge is 0.139 e. The molecule has 0 aliphatic heterocycles. The molecule has 1 aromatic carbocycles. The molecule has 0 bridgehead atoms. The first kappa shape index (κ1) is 14.8. The van der Waals surface area contributed by atoms with Gasteiger partial charge in [0.1, 0.15) is 11.6 Å². The average Bonchev–Trinajstić information content (AvgIpc) is 2.75. The van der Waals surface area contributed by atoms with Crippen LogP contribution in [0.15, 0.2) is 16.6 Å². The van der Waals surface area contributed by atoms with Crippen LogP contribution < -0.4 is 0 Å². The molecule has 5 heteroatoms. The lowest BCUT2D eigenvalue weighted by Gasteiger charge is -2.22. The second-order valence-corrected chi connectivity index (χ2v) is 6.03. The molecule has 2 nitrogen and oxygen atoms in total. The summed E-state index contributed by atoms with van der Waals surface area (Å²) >= 11 is 9.22. The minimum absolute atomic E-state index is 0.279. The predicted molar refractivity (Wildman–Crippen MR) is 81.1 cm³/mol. The van der Waals surface area contributed by atoms with E-state index in [0.717, 1.165) is 17.8 Å². The van der Waals surface area contributed by atoms with E-state index in [1.807, 2.05) is 0 Å². The van der Waals surface area contributed by atoms with Crippen molar-refractivity contribution in [2.75, 3.05) is 0 Å². The van der Waals surface area contributed by atoms with Crippen molar-refractivity contribution in [2.45, 2.75) is 39.1 Å². The molecule has 0 fully saturated rings. The van der Waals surface area contributed by atoms with Gasteiger partial charge in [-0.2, -0.15) is 0 Å². The highest BCUT2D eigenvalue weighted by atomic mass is 79.9. The molecule has 0 radical (unpaired) electrons. The van der Waals surface area contributed by atoms with Gasteiger partial charge in [-0.1, -0.05) is 20.3 Å². The van der Waals surface area contributed by atoms with Gasteiger partial charge in [-0.15, -0.1) is 11.6 Å². The minimum atomic E-state index is -0.297. The largest absolute Gasteiger partial charge is 0.324 e. The fraction of sp³-hybridized carbons (Fsp3) is 0.500. The standard InChI is InChI=1S/C14H17BrClFN2/c1-4-8(2)9(3)19-13-5-10(15)11(17)6-12(13)18-14(19)7-16/h5-6,8-9H,4,7H2,1-3H3. The Labute approximate surface area is 126 Å². The summed E-state index contributed by atoms with van der Waals surface area (Å²) in [4.78, 5) is 4.44. The van der Waals surface area contributed by atoms with Crippen molar-refractivity contribution in [3.05, 3.63) is 28.2 Å². The van der Waals surface area contributed by atoms with Crippen LogP contribution in [-0.2, 0) is 5.88 Å². The summed E-state index contributed by atoms with van der Waals surface area (Å²) in [5.74, 6) is 1.33. The van der Waals surface area contributed by atoms with Crippen LogP contribution in [0, 0.1) is 11.7 Å². The number of imidazole rings is 1. The van der Waals surface area contributed by atoms with Gasteiger partial charge in [0.05, 0.1) is 21.4 Å². The summed E-state index contributed by atoms with van der Waals surface area (Å²) in [5.41, 5.74) is 1.59. The van der Waals surface area contributed by atoms with Gasteiger partial charge in [-0.05, 0) is 34.8 Å². The molecule has 0 N–H and O–H groups in total. The van der Waals surface area contributed by atoms with Crippen LogP contribution >= 0.6 is 27.5 Å². The zero-order valence-corrected chi connectivity index (χ0v) is 13.6. The quantitative estimate of drug-likeness (QED) is 0.688. The lowest BCUT2D eigenvalue weighted by Crippen LogP contribution is -2.15. The summed E-state index contributed by atoms with van der Waals surface area (Å²) in [6.45, 7) is 6.52. The third-order valence-corrected chi connectivity index (χ3v) is 4.65. The van der Waals surface area contributed by atoms with Crippen LogP contribution in [-0.4, -0.2) is 9.55 Å². The molecule has 2 unspecified atom stereocenters. The highest BCUT2D eigenvalue weighted by molar-refractivity contribution is 9.10. The number of alkyl halides is 1. The average molecular weight is 348 g/mol. The van der Waals surface area contributed by atoms with E-state index in [9.17, 15) is 4.39 Å². The second kappa shape index (κ2) is 5.80. The van der Waals surface area contributed by atoms with Crippen LogP contribution in [0.1, 0.15) is 39.1 Å². The van der Waals surface area contributed by atoms with E-state index in [2.05, 4.69) is 46.3 Å². The molecular formula is C14H17BrClFN2. The Bertz CT molecular complexity index is 597. The Hall–Kier alpha value is -0.610. The Morgan fingerprint density at radius 2 is 2.11 bits per heavy atom. The fourth-order valence-corrected chi connectivity index (χ4v) is 2.80. The van der Waals surface area contributed by atoms with E-state index in [4.69, 9.17) is 11.6 Å². The monoisotopic (exact) mass is 346 g/mol. The van der Waals surface area contributed by atoms with Crippen LogP contribution in [0.4, 0.5) is 4.39 Å². The van der Waals surface area contributed by atoms with Crippen molar-refractivity contribution in [3.8, 4) is 0 Å². The third-order valence-electron chi connectivity index (χ3n) is 3.80. The number of benzene rings is 1. The maximum absolute atomic E-state index is 13.6. The van der Waals surface area contributed by atoms with Gasteiger partial charge >= 0.3 is 0 Å². The molecule has 0 saturated heterocycles. The maximum Gasteiger partial charge on any atom is 0.139 e. The van der Waals surface area contributed by atoms with Crippen LogP contribution in [0.5, 0.6) is 0 Å². The Balaban J connectivity index is 2.66. The number of rotatable bonds is 4. The van der Waals surface area contributed by atoms with E-state index in [1.54, 1.807) is 6.07 Å². The molecule has 2 aromatic rings. The lowest BCUT2D eigenvalue weighted by molar-refractivity contribution is 0.371. The van der Waals surface area contributed by atoms with Gasteiger partial charge in [0.15, 0.2) is 0 Å². The van der Waals surface area contributed by atoms with Crippen molar-refractivity contribution in [2.24, 2.45) is 5.92 Å². The first-order valence-corrected chi connectivity index (χ1v) is 7.74. The molecule has 0 saturated carbocycles. The maximum atomic E-state index is 13.6. The summed E-state index contributed by atoms with van der Waals surface area (Å²) in [5, 5.41) is 0. The predicted octanol–water partition coefficient (Wildman–Crippen LogP) is 5.28. The van der Waals surface area contributed by atoms with Crippen molar-refractivity contribution < 1.29 is 4.39 Å². The molecule has 104 valence electrons. The number of fused-ring (bicyclic) bond motifs is 1. The third kappa shape index (κ3) is 2.65. The highest BCUT2D eigenvalue weighted by Gasteiger charge is 2.20. The molecule has 0 spiro atoms. The number of hydrogen-bond donors (Lipinski definition) is 0. The molecular weight excluding hydrogens is 331 g/mol. The normalized spacial score (nSPS) is 14.8. The summed E-state index contributed by atoms with van der Waals surface area (Å²) in [6, 6.07) is 3.52. The van der Waals surface area contributed by atoms with E-state index in [-0.39, 0.29) is 11.9 Å². The number of halogens is 3. The van der Waals surface area contributed by atoms with E-state index < -0.39 is 0 Å². The van der Waals surface area contributed by atoms with Crippen molar-refractivity contribution in [1.29, 1.82) is 0 Å². The number of nitrogens with zero attached hydrogens (tertiary/aromatic N) is 2. The molecule has 0 aliphatic carbocycles. The Morgan fingerprint density at radius 1 is 1.42 bits per heavy atom. The summed E-state index contributed by atoms with van der Waals surface area (Å²) < 4.78 is 16.2. The fourth-order valence-electron chi connectivity index (χ4n) is 2.28. The minimum Gasteiger partial charge on any atom is -0.324 e.